The fourth-order valence-electron chi connectivity index (χ4n) is 13.2. The van der Waals surface area contributed by atoms with Crippen LogP contribution in [0.4, 0.5) is 0 Å². The molecule has 8 aromatic carbocycles. The summed E-state index contributed by atoms with van der Waals surface area (Å²) < 4.78 is 0. The van der Waals surface area contributed by atoms with Gasteiger partial charge < -0.3 is 30.2 Å². The molecule has 8 heteroatoms. The van der Waals surface area contributed by atoms with Crippen molar-refractivity contribution in [3.8, 4) is 0 Å². The number of aromatic nitrogens is 5. The van der Waals surface area contributed by atoms with Gasteiger partial charge in [0.2, 0.25) is 0 Å². The van der Waals surface area contributed by atoms with Crippen LogP contribution < -0.4 is 20.7 Å². The summed E-state index contributed by atoms with van der Waals surface area (Å²) in [4.78, 5) is 27.4. The number of nitrogens with one attached hydrogen (secondary N) is 3. The number of nitrogens with zero attached hydrogens (tertiary/aromatic N) is 4. The Labute approximate surface area is 487 Å². The van der Waals surface area contributed by atoms with Gasteiger partial charge in [0.25, 0.3) is 0 Å². The van der Waals surface area contributed by atoms with Crippen molar-refractivity contribution in [3.05, 3.63) is 212 Å². The van der Waals surface area contributed by atoms with E-state index < -0.39 is 0 Å². The minimum atomic E-state index is -0.155. The number of fused-ring (bicyclic) bond motifs is 31. The molecule has 13 aromatic rings. The Balaban J connectivity index is 0.000000155. The molecule has 0 fully saturated rings. The zero-order chi connectivity index (χ0) is 55.9. The maximum atomic E-state index is 5.40. The molecule has 16 rings (SSSR count). The van der Waals surface area contributed by atoms with E-state index in [4.69, 9.17) is 20.3 Å². The molecule has 1 radical (unpaired) electrons. The summed E-state index contributed by atoms with van der Waals surface area (Å²) in [5.41, 5.74) is 34.6. The largest absolute Gasteiger partial charge is 0.674 e. The maximum absolute atomic E-state index is 5.40. The first-order chi connectivity index (χ1) is 38.8. The van der Waals surface area contributed by atoms with Crippen LogP contribution in [-0.2, 0) is 17.1 Å². The molecule has 3 aliphatic heterocycles. The van der Waals surface area contributed by atoms with Gasteiger partial charge in [-0.15, -0.1) is 33.9 Å². The van der Waals surface area contributed by atoms with E-state index in [1.165, 1.54) is 154 Å². The van der Waals surface area contributed by atoms with Gasteiger partial charge in [0.1, 0.15) is 0 Å². The van der Waals surface area contributed by atoms with Crippen molar-refractivity contribution in [2.75, 3.05) is 0 Å². The van der Waals surface area contributed by atoms with Crippen molar-refractivity contribution >= 4 is 128 Å². The Morgan fingerprint density at radius 1 is 0.354 bits per heavy atom. The van der Waals surface area contributed by atoms with Crippen molar-refractivity contribution in [1.82, 2.24) is 24.9 Å². The van der Waals surface area contributed by atoms with E-state index in [-0.39, 0.29) is 23.1 Å². The molecule has 3 N–H and O–H groups in total. The average molecular weight is 1110 g/mol. The molecule has 7 nitrogen and oxygen atoms in total. The predicted molar refractivity (Wildman–Crippen MR) is 345 cm³/mol. The summed E-state index contributed by atoms with van der Waals surface area (Å²) in [5.74, 6) is 0. The molecule has 0 saturated heterocycles. The molecule has 0 amide bonds. The molecule has 409 valence electrons. The van der Waals surface area contributed by atoms with E-state index in [9.17, 15) is 0 Å². The van der Waals surface area contributed by atoms with Gasteiger partial charge in [-0.05, 0) is 263 Å². The van der Waals surface area contributed by atoms with Gasteiger partial charge >= 0.3 is 0 Å². The molecule has 0 saturated carbocycles. The number of benzene rings is 8. The van der Waals surface area contributed by atoms with Crippen LogP contribution in [0.15, 0.2) is 89.9 Å². The molecule has 3 aliphatic rings. The third kappa shape index (κ3) is 7.64. The Hall–Kier alpha value is -8.55. The summed E-state index contributed by atoms with van der Waals surface area (Å²) in [7, 11) is 0. The van der Waals surface area contributed by atoms with E-state index in [1.807, 2.05) is 0 Å². The first kappa shape index (κ1) is 51.6. The first-order valence-corrected chi connectivity index (χ1v) is 28.5. The standard InChI is InChI=1S/C44H37N4.C30H27N3.Cu/c1-21-9-29-30(10-22(21)2)38-18-40-33-13-25(5)26(6)14-34(33)42(47-40)20-44-36-16-28(8)27(7)15-35(36)43(48-44)19-41-32-12-24(4)23(3)11-31(32)39(46-41)17-37(29)45-38;1-13-7-19-22(10-16(13)4)31-28-25(19)29-27(20-8-14(2)17(5)11-23(20)32-29)30-26(28)21-9-15(3)18(6)12-24(21)33-30;/h9-20,37H,1-8H3;7-12,31-33H,1-6H3;/q-3;;. The second-order valence-corrected chi connectivity index (χ2v) is 24.2. The topological polar surface area (TPSA) is 102 Å². The number of aryl methyl sites for hydroxylation is 14. The van der Waals surface area contributed by atoms with Crippen molar-refractivity contribution in [3.63, 3.8) is 0 Å². The SMILES string of the molecule is Cc1cc2[nH]c3c(c2cc1C)c1[nH]c2cc(C)c(C)cc2c1c1[nH]c2cc(C)c(C)cc2c31.Cc1cc2c(cc1C)C1=NC2=Cc2[n-]c(c3cc(C)c(C)cc23)C=C2[N-]C(C=c3[n-]c(c4cc(C)c(C)cc34)=C1)c1cc(C)c(C)cc12.[Cu]. The number of hydrogen-bond acceptors (Lipinski definition) is 1. The van der Waals surface area contributed by atoms with Crippen LogP contribution in [0, 0.1) is 96.9 Å². The van der Waals surface area contributed by atoms with Crippen LogP contribution in [-0.4, -0.2) is 20.7 Å². The average Bonchev–Trinajstić information content (AvgIpc) is 4.01. The quantitative estimate of drug-likeness (QED) is 0.132. The second kappa shape index (κ2) is 18.2. The third-order valence-electron chi connectivity index (χ3n) is 18.9. The summed E-state index contributed by atoms with van der Waals surface area (Å²) in [6.07, 6.45) is 8.81. The number of aromatic amines is 3. The summed E-state index contributed by atoms with van der Waals surface area (Å²) in [6, 6.07) is 32.1. The monoisotopic (exact) mass is 1110 g/mol. The predicted octanol–water partition coefficient (Wildman–Crippen LogP) is 17.3. The Kier molecular flexibility index (Phi) is 11.5. The Bertz CT molecular complexity index is 5030. The molecule has 5 aromatic heterocycles. The van der Waals surface area contributed by atoms with Crippen molar-refractivity contribution in [1.29, 1.82) is 0 Å². The first-order valence-electron chi connectivity index (χ1n) is 28.5. The molecule has 0 aliphatic carbocycles. The molecule has 82 heavy (non-hydrogen) atoms. The van der Waals surface area contributed by atoms with Crippen LogP contribution in [0.25, 0.3) is 128 Å². The number of hydrogen-bond donors (Lipinski definition) is 3. The number of rotatable bonds is 0. The summed E-state index contributed by atoms with van der Waals surface area (Å²) in [5, 5.41) is 19.6. The fraction of sp³-hybridized carbons (Fsp3) is 0.203. The normalized spacial score (nSPS) is 14.5. The Morgan fingerprint density at radius 3 is 1.22 bits per heavy atom. The van der Waals surface area contributed by atoms with Gasteiger partial charge in [-0.1, -0.05) is 54.1 Å². The smallest absolute Gasteiger partial charge is 0.0704 e. The second-order valence-electron chi connectivity index (χ2n) is 24.2. The van der Waals surface area contributed by atoms with Crippen LogP contribution in [0.5, 0.6) is 0 Å². The van der Waals surface area contributed by atoms with Crippen molar-refractivity contribution in [2.45, 2.75) is 103 Å². The van der Waals surface area contributed by atoms with E-state index >= 15 is 0 Å². The maximum Gasteiger partial charge on any atom is 0.0704 e. The van der Waals surface area contributed by atoms with Gasteiger partial charge in [-0.25, -0.2) is 4.99 Å². The minimum absolute atomic E-state index is 0. The molecular formula is C74H64CuN7-3. The minimum Gasteiger partial charge on any atom is -0.674 e. The van der Waals surface area contributed by atoms with Crippen LogP contribution in [0.1, 0.15) is 118 Å². The number of H-pyrrole nitrogens is 3. The summed E-state index contributed by atoms with van der Waals surface area (Å²) >= 11 is 0. The zero-order valence-corrected chi connectivity index (χ0v) is 50.0. The van der Waals surface area contributed by atoms with E-state index in [0.717, 1.165) is 71.9 Å². The Morgan fingerprint density at radius 2 is 0.732 bits per heavy atom. The van der Waals surface area contributed by atoms with E-state index in [2.05, 4.69) is 221 Å². The van der Waals surface area contributed by atoms with Gasteiger partial charge in [-0.2, -0.15) is 0 Å². The fourth-order valence-corrected chi connectivity index (χ4v) is 13.2. The molecule has 8 bridgehead atoms. The molecule has 8 heterocycles. The number of aliphatic imine (C=N–C) groups is 1. The van der Waals surface area contributed by atoms with Crippen LogP contribution in [0.2, 0.25) is 0 Å². The van der Waals surface area contributed by atoms with Gasteiger partial charge in [0.15, 0.2) is 0 Å². The van der Waals surface area contributed by atoms with Gasteiger partial charge in [-0.3, -0.25) is 0 Å². The van der Waals surface area contributed by atoms with E-state index in [0.29, 0.717) is 0 Å². The molecule has 1 atom stereocenters. The van der Waals surface area contributed by atoms with Gasteiger partial charge in [0.05, 0.1) is 28.0 Å². The molecule has 0 spiro atoms. The van der Waals surface area contributed by atoms with Crippen molar-refractivity contribution in [2.24, 2.45) is 4.99 Å². The van der Waals surface area contributed by atoms with Crippen LogP contribution in [0.3, 0.4) is 0 Å². The molecular weight excluding hydrogens is 1050 g/mol. The summed E-state index contributed by atoms with van der Waals surface area (Å²) in [6.45, 7) is 30.6. The van der Waals surface area contributed by atoms with Crippen LogP contribution >= 0.6 is 0 Å². The zero-order valence-electron chi connectivity index (χ0n) is 49.1. The molecule has 1 unspecified atom stereocenters. The van der Waals surface area contributed by atoms with E-state index in [1.54, 1.807) is 0 Å². The third-order valence-corrected chi connectivity index (χ3v) is 18.9. The van der Waals surface area contributed by atoms with Crippen molar-refractivity contribution < 1.29 is 17.1 Å². The van der Waals surface area contributed by atoms with Gasteiger partial charge in [0, 0.05) is 77.1 Å².